The van der Waals surface area contributed by atoms with E-state index in [4.69, 9.17) is 0 Å². The van der Waals surface area contributed by atoms with E-state index >= 15 is 0 Å². The average molecular weight is 337 g/mol. The maximum Gasteiger partial charge on any atom is 0.131 e. The van der Waals surface area contributed by atoms with Crippen LogP contribution in [0.1, 0.15) is 18.4 Å². The fraction of sp³-hybridized carbons (Fsp3) is 0.412. The molecule has 0 amide bonds. The third kappa shape index (κ3) is 3.90. The number of hydrogen-bond donors (Lipinski definition) is 2. The molecule has 0 saturated carbocycles. The summed E-state index contributed by atoms with van der Waals surface area (Å²) < 4.78 is 14.0. The van der Waals surface area contributed by atoms with Gasteiger partial charge in [-0.3, -0.25) is 0 Å². The molecule has 2 heterocycles. The average Bonchev–Trinajstić information content (AvgIpc) is 3.04. The van der Waals surface area contributed by atoms with Crippen LogP contribution in [0.15, 0.2) is 35.7 Å². The number of nitrogens with one attached hydrogen (secondary N) is 1. The van der Waals surface area contributed by atoms with Gasteiger partial charge in [-0.25, -0.2) is 4.39 Å². The van der Waals surface area contributed by atoms with E-state index in [0.29, 0.717) is 18.7 Å². The summed E-state index contributed by atoms with van der Waals surface area (Å²) in [6.45, 7) is 1.24. The van der Waals surface area contributed by atoms with Crippen LogP contribution in [-0.4, -0.2) is 28.8 Å². The van der Waals surface area contributed by atoms with Gasteiger partial charge in [-0.2, -0.15) is 11.8 Å². The Kier molecular flexibility index (Phi) is 5.18. The predicted octanol–water partition coefficient (Wildman–Crippen LogP) is 3.90. The van der Waals surface area contributed by atoms with E-state index in [2.05, 4.69) is 5.32 Å². The zero-order chi connectivity index (χ0) is 15.4. The van der Waals surface area contributed by atoms with Crippen LogP contribution in [0.5, 0.6) is 0 Å². The number of halogens is 1. The number of aliphatic hydroxyl groups is 1. The topological polar surface area (TPSA) is 32.3 Å². The molecule has 0 spiro atoms. The number of thioether (sulfide) groups is 1. The highest BCUT2D eigenvalue weighted by Gasteiger charge is 2.28. The van der Waals surface area contributed by atoms with Crippen molar-refractivity contribution in [2.24, 2.45) is 0 Å². The van der Waals surface area contributed by atoms with Gasteiger partial charge in [-0.1, -0.05) is 12.1 Å². The number of thiophene rings is 1. The second-order valence-corrected chi connectivity index (χ2v) is 7.90. The van der Waals surface area contributed by atoms with Gasteiger partial charge in [0.15, 0.2) is 0 Å². The monoisotopic (exact) mass is 337 g/mol. The SMILES string of the molecule is OC1(CNCc2ccc(F)c(-c3cccs3)c2)CCSCC1. The van der Waals surface area contributed by atoms with E-state index < -0.39 is 5.60 Å². The molecule has 22 heavy (non-hydrogen) atoms. The van der Waals surface area contributed by atoms with E-state index in [1.807, 2.05) is 35.3 Å². The van der Waals surface area contributed by atoms with Gasteiger partial charge in [-0.05, 0) is 53.5 Å². The lowest BCUT2D eigenvalue weighted by atomic mass is 9.97. The van der Waals surface area contributed by atoms with Gasteiger partial charge in [0.2, 0.25) is 0 Å². The maximum atomic E-state index is 14.0. The fourth-order valence-electron chi connectivity index (χ4n) is 2.67. The van der Waals surface area contributed by atoms with Gasteiger partial charge in [0.1, 0.15) is 5.82 Å². The molecule has 0 atom stereocenters. The number of benzene rings is 1. The third-order valence-electron chi connectivity index (χ3n) is 4.02. The summed E-state index contributed by atoms with van der Waals surface area (Å²) in [6, 6.07) is 9.09. The first-order valence-corrected chi connectivity index (χ1v) is 9.53. The molecule has 118 valence electrons. The zero-order valence-corrected chi connectivity index (χ0v) is 14.0. The van der Waals surface area contributed by atoms with Crippen LogP contribution < -0.4 is 5.32 Å². The molecule has 1 aromatic heterocycles. The van der Waals surface area contributed by atoms with Crippen LogP contribution in [0.3, 0.4) is 0 Å². The summed E-state index contributed by atoms with van der Waals surface area (Å²) in [4.78, 5) is 0.947. The Balaban J connectivity index is 1.62. The van der Waals surface area contributed by atoms with Gasteiger partial charge >= 0.3 is 0 Å². The molecule has 1 aliphatic heterocycles. The quantitative estimate of drug-likeness (QED) is 0.868. The lowest BCUT2D eigenvalue weighted by molar-refractivity contribution is 0.0320. The Morgan fingerprint density at radius 1 is 1.23 bits per heavy atom. The summed E-state index contributed by atoms with van der Waals surface area (Å²) in [5.41, 5.74) is 1.11. The minimum Gasteiger partial charge on any atom is -0.389 e. The minimum atomic E-state index is -0.581. The van der Waals surface area contributed by atoms with Crippen LogP contribution in [0.4, 0.5) is 4.39 Å². The minimum absolute atomic E-state index is 0.186. The lowest BCUT2D eigenvalue weighted by Gasteiger charge is -2.32. The van der Waals surface area contributed by atoms with Gasteiger partial charge in [0.25, 0.3) is 0 Å². The summed E-state index contributed by atoms with van der Waals surface area (Å²) >= 11 is 3.44. The van der Waals surface area contributed by atoms with Crippen molar-refractivity contribution in [1.29, 1.82) is 0 Å². The van der Waals surface area contributed by atoms with Crippen molar-refractivity contribution >= 4 is 23.1 Å². The highest BCUT2D eigenvalue weighted by molar-refractivity contribution is 7.99. The Morgan fingerprint density at radius 3 is 2.77 bits per heavy atom. The Bertz CT molecular complexity index is 609. The molecule has 1 aromatic carbocycles. The third-order valence-corrected chi connectivity index (χ3v) is 5.91. The molecular weight excluding hydrogens is 317 g/mol. The van der Waals surface area contributed by atoms with E-state index in [1.165, 1.54) is 6.07 Å². The lowest BCUT2D eigenvalue weighted by Crippen LogP contribution is -2.43. The van der Waals surface area contributed by atoms with Crippen LogP contribution in [0, 0.1) is 5.82 Å². The molecule has 2 nitrogen and oxygen atoms in total. The molecule has 1 fully saturated rings. The van der Waals surface area contributed by atoms with Crippen molar-refractivity contribution in [1.82, 2.24) is 5.32 Å². The molecule has 3 rings (SSSR count). The maximum absolute atomic E-state index is 14.0. The van der Waals surface area contributed by atoms with Gasteiger partial charge in [0.05, 0.1) is 5.60 Å². The van der Waals surface area contributed by atoms with E-state index in [0.717, 1.165) is 34.8 Å². The van der Waals surface area contributed by atoms with Crippen molar-refractivity contribution < 1.29 is 9.50 Å². The normalized spacial score (nSPS) is 17.5. The smallest absolute Gasteiger partial charge is 0.131 e. The number of hydrogen-bond acceptors (Lipinski definition) is 4. The fourth-order valence-corrected chi connectivity index (χ4v) is 4.67. The molecule has 2 aromatic rings. The van der Waals surface area contributed by atoms with Gasteiger partial charge in [0, 0.05) is 23.5 Å². The summed E-state index contributed by atoms with van der Waals surface area (Å²) in [6.07, 6.45) is 1.68. The molecular formula is C17H20FNOS2. The standard InChI is InChI=1S/C17H20FNOS2/c18-15-4-3-13(10-14(15)16-2-1-7-22-16)11-19-12-17(20)5-8-21-9-6-17/h1-4,7,10,19-20H,5-6,8-9,11-12H2. The first-order chi connectivity index (χ1) is 10.7. The van der Waals surface area contributed by atoms with Gasteiger partial charge in [-0.15, -0.1) is 11.3 Å². The molecule has 0 unspecified atom stereocenters. The highest BCUT2D eigenvalue weighted by Crippen LogP contribution is 2.29. The van der Waals surface area contributed by atoms with Crippen LogP contribution in [0.25, 0.3) is 10.4 Å². The molecule has 0 radical (unpaired) electrons. The highest BCUT2D eigenvalue weighted by atomic mass is 32.2. The van der Waals surface area contributed by atoms with Crippen molar-refractivity contribution in [3.8, 4) is 10.4 Å². The summed E-state index contributed by atoms with van der Waals surface area (Å²) in [7, 11) is 0. The van der Waals surface area contributed by atoms with Crippen LogP contribution >= 0.6 is 23.1 Å². The second kappa shape index (κ2) is 7.13. The van der Waals surface area contributed by atoms with E-state index in [9.17, 15) is 9.50 Å². The molecule has 1 aliphatic rings. The molecule has 5 heteroatoms. The second-order valence-electron chi connectivity index (χ2n) is 5.73. The largest absolute Gasteiger partial charge is 0.389 e. The van der Waals surface area contributed by atoms with Crippen molar-refractivity contribution in [3.05, 3.63) is 47.1 Å². The van der Waals surface area contributed by atoms with Crippen molar-refractivity contribution in [2.45, 2.75) is 25.0 Å². The Morgan fingerprint density at radius 2 is 2.05 bits per heavy atom. The Labute approximate surface area is 138 Å². The molecule has 0 aliphatic carbocycles. The van der Waals surface area contributed by atoms with Crippen molar-refractivity contribution in [3.63, 3.8) is 0 Å². The van der Waals surface area contributed by atoms with Crippen molar-refractivity contribution in [2.75, 3.05) is 18.1 Å². The molecule has 0 bridgehead atoms. The summed E-state index contributed by atoms with van der Waals surface area (Å²) in [5, 5.41) is 15.7. The van der Waals surface area contributed by atoms with Gasteiger partial charge < -0.3 is 10.4 Å². The van der Waals surface area contributed by atoms with Crippen LogP contribution in [0.2, 0.25) is 0 Å². The van der Waals surface area contributed by atoms with Crippen LogP contribution in [-0.2, 0) is 6.54 Å². The molecule has 2 N–H and O–H groups in total. The summed E-state index contributed by atoms with van der Waals surface area (Å²) in [5.74, 6) is 1.86. The number of rotatable bonds is 5. The molecule has 1 saturated heterocycles. The predicted molar refractivity (Wildman–Crippen MR) is 92.9 cm³/mol. The first-order valence-electron chi connectivity index (χ1n) is 7.49. The Hall–Kier alpha value is -0.880. The first kappa shape index (κ1) is 16.0. The van der Waals surface area contributed by atoms with E-state index in [-0.39, 0.29) is 5.82 Å². The van der Waals surface area contributed by atoms with E-state index in [1.54, 1.807) is 17.4 Å². The zero-order valence-electron chi connectivity index (χ0n) is 12.3.